The zero-order valence-electron chi connectivity index (χ0n) is 11.3. The van der Waals surface area contributed by atoms with Crippen LogP contribution in [0.3, 0.4) is 0 Å². The minimum atomic E-state index is -1.12. The van der Waals surface area contributed by atoms with E-state index in [1.807, 2.05) is 6.92 Å². The molecular formula is C11H19N5O3. The van der Waals surface area contributed by atoms with Crippen LogP contribution in [0.25, 0.3) is 0 Å². The van der Waals surface area contributed by atoms with Crippen LogP contribution >= 0.6 is 0 Å². The van der Waals surface area contributed by atoms with Gasteiger partial charge in [-0.2, -0.15) is 0 Å². The second kappa shape index (κ2) is 6.28. The molecule has 0 aliphatic rings. The van der Waals surface area contributed by atoms with Crippen LogP contribution in [0.5, 0.6) is 0 Å². The van der Waals surface area contributed by atoms with Gasteiger partial charge in [0.05, 0.1) is 6.20 Å². The maximum Gasteiger partial charge on any atom is 0.321 e. The topological polar surface area (TPSA) is 109 Å². The highest BCUT2D eigenvalue weighted by Crippen LogP contribution is 2.15. The number of amides is 3. The van der Waals surface area contributed by atoms with Crippen molar-refractivity contribution in [3.05, 3.63) is 11.9 Å². The van der Waals surface area contributed by atoms with Crippen LogP contribution in [0.15, 0.2) is 6.20 Å². The molecule has 0 saturated carbocycles. The Morgan fingerprint density at radius 3 is 2.68 bits per heavy atom. The first-order valence-corrected chi connectivity index (χ1v) is 6.03. The number of hydrogen-bond donors (Lipinski definition) is 3. The average molecular weight is 269 g/mol. The number of urea groups is 1. The Hall–Kier alpha value is -1.96. The Morgan fingerprint density at radius 1 is 1.47 bits per heavy atom. The third-order valence-corrected chi connectivity index (χ3v) is 2.26. The minimum Gasteiger partial charge on any atom is -0.384 e. The molecule has 0 aliphatic carbocycles. The van der Waals surface area contributed by atoms with E-state index in [1.54, 1.807) is 13.8 Å². The smallest absolute Gasteiger partial charge is 0.321 e. The normalized spacial score (nSPS) is 11.2. The largest absolute Gasteiger partial charge is 0.384 e. The van der Waals surface area contributed by atoms with Gasteiger partial charge in [-0.3, -0.25) is 10.1 Å². The molecule has 1 aromatic heterocycles. The van der Waals surface area contributed by atoms with Crippen LogP contribution < -0.4 is 10.6 Å². The summed E-state index contributed by atoms with van der Waals surface area (Å²) in [6, 6.07) is -0.533. The highest BCUT2D eigenvalue weighted by atomic mass is 16.3. The molecular weight excluding hydrogens is 250 g/mol. The number of carbonyl (C=O) groups is 2. The van der Waals surface area contributed by atoms with E-state index in [1.165, 1.54) is 10.9 Å². The van der Waals surface area contributed by atoms with Crippen molar-refractivity contribution in [2.75, 3.05) is 6.54 Å². The van der Waals surface area contributed by atoms with Crippen molar-refractivity contribution in [3.63, 3.8) is 0 Å². The standard InChI is InChI=1S/C11H19N5O3/c1-4-5-12-10(18)13-9(17)7-16-6-8(14-15-16)11(2,3)19/h6,19H,4-5,7H2,1-3H3,(H2,12,13,17,18). The highest BCUT2D eigenvalue weighted by molar-refractivity contribution is 5.94. The van der Waals surface area contributed by atoms with Crippen LogP contribution in [0.1, 0.15) is 32.9 Å². The summed E-state index contributed by atoms with van der Waals surface area (Å²) >= 11 is 0. The summed E-state index contributed by atoms with van der Waals surface area (Å²) in [6.07, 6.45) is 2.25. The van der Waals surface area contributed by atoms with Crippen molar-refractivity contribution in [2.45, 2.75) is 39.3 Å². The second-order valence-corrected chi connectivity index (χ2v) is 4.66. The van der Waals surface area contributed by atoms with Gasteiger partial charge in [0.25, 0.3) is 0 Å². The summed E-state index contributed by atoms with van der Waals surface area (Å²) in [4.78, 5) is 22.8. The third kappa shape index (κ3) is 5.04. The van der Waals surface area contributed by atoms with E-state index in [0.29, 0.717) is 12.2 Å². The molecule has 3 amide bonds. The van der Waals surface area contributed by atoms with Gasteiger partial charge in [-0.05, 0) is 20.3 Å². The van der Waals surface area contributed by atoms with E-state index in [4.69, 9.17) is 0 Å². The molecule has 8 heteroatoms. The predicted octanol–water partition coefficient (Wildman–Crippen LogP) is -0.259. The third-order valence-electron chi connectivity index (χ3n) is 2.26. The fourth-order valence-corrected chi connectivity index (χ4v) is 1.25. The highest BCUT2D eigenvalue weighted by Gasteiger charge is 2.20. The lowest BCUT2D eigenvalue weighted by molar-refractivity contribution is -0.120. The summed E-state index contributed by atoms with van der Waals surface area (Å²) in [7, 11) is 0. The molecule has 1 rings (SSSR count). The van der Waals surface area contributed by atoms with E-state index in [2.05, 4.69) is 20.9 Å². The van der Waals surface area contributed by atoms with Gasteiger partial charge in [-0.15, -0.1) is 5.10 Å². The molecule has 0 saturated heterocycles. The van der Waals surface area contributed by atoms with Crippen molar-refractivity contribution >= 4 is 11.9 Å². The van der Waals surface area contributed by atoms with Crippen molar-refractivity contribution in [1.82, 2.24) is 25.6 Å². The van der Waals surface area contributed by atoms with Gasteiger partial charge in [-0.1, -0.05) is 12.1 Å². The summed E-state index contributed by atoms with van der Waals surface area (Å²) in [5, 5.41) is 21.8. The van der Waals surface area contributed by atoms with E-state index in [-0.39, 0.29) is 6.54 Å². The number of hydrogen-bond acceptors (Lipinski definition) is 5. The number of nitrogens with one attached hydrogen (secondary N) is 2. The van der Waals surface area contributed by atoms with Crippen LogP contribution in [-0.4, -0.2) is 38.6 Å². The van der Waals surface area contributed by atoms with Gasteiger partial charge >= 0.3 is 6.03 Å². The fourth-order valence-electron chi connectivity index (χ4n) is 1.25. The number of nitrogens with zero attached hydrogens (tertiary/aromatic N) is 3. The van der Waals surface area contributed by atoms with Crippen LogP contribution in [0.4, 0.5) is 4.79 Å². The molecule has 1 aromatic rings. The van der Waals surface area contributed by atoms with Crippen molar-refractivity contribution < 1.29 is 14.7 Å². The molecule has 0 aromatic carbocycles. The van der Waals surface area contributed by atoms with Gasteiger partial charge in [0, 0.05) is 6.54 Å². The summed E-state index contributed by atoms with van der Waals surface area (Å²) in [5.41, 5.74) is -0.761. The molecule has 19 heavy (non-hydrogen) atoms. The van der Waals surface area contributed by atoms with Crippen molar-refractivity contribution in [1.29, 1.82) is 0 Å². The first-order valence-electron chi connectivity index (χ1n) is 6.03. The molecule has 0 atom stereocenters. The van der Waals surface area contributed by atoms with Gasteiger partial charge in [0.1, 0.15) is 17.8 Å². The Morgan fingerprint density at radius 2 is 2.16 bits per heavy atom. The number of rotatable bonds is 5. The molecule has 8 nitrogen and oxygen atoms in total. The first kappa shape index (κ1) is 15.1. The Labute approximate surface area is 111 Å². The second-order valence-electron chi connectivity index (χ2n) is 4.66. The molecule has 0 radical (unpaired) electrons. The summed E-state index contributed by atoms with van der Waals surface area (Å²) in [5.74, 6) is -0.499. The van der Waals surface area contributed by atoms with E-state index < -0.39 is 17.5 Å². The lowest BCUT2D eigenvalue weighted by atomic mass is 10.1. The molecule has 0 spiro atoms. The zero-order valence-corrected chi connectivity index (χ0v) is 11.3. The maximum atomic E-state index is 11.5. The molecule has 106 valence electrons. The Kier molecular flexibility index (Phi) is 4.99. The van der Waals surface area contributed by atoms with Gasteiger partial charge in [0.2, 0.25) is 5.91 Å². The van der Waals surface area contributed by atoms with Gasteiger partial charge in [0.15, 0.2) is 0 Å². The molecule has 1 heterocycles. The van der Waals surface area contributed by atoms with Crippen molar-refractivity contribution in [2.24, 2.45) is 0 Å². The van der Waals surface area contributed by atoms with Gasteiger partial charge in [-0.25, -0.2) is 9.48 Å². The fraction of sp³-hybridized carbons (Fsp3) is 0.636. The van der Waals surface area contributed by atoms with Crippen LogP contribution in [-0.2, 0) is 16.9 Å². The summed E-state index contributed by atoms with van der Waals surface area (Å²) < 4.78 is 1.26. The number of carbonyl (C=O) groups excluding carboxylic acids is 2. The SMILES string of the molecule is CCCNC(=O)NC(=O)Cn1cc(C(C)(C)O)nn1. The van der Waals surface area contributed by atoms with Crippen LogP contribution in [0.2, 0.25) is 0 Å². The van der Waals surface area contributed by atoms with E-state index >= 15 is 0 Å². The quantitative estimate of drug-likeness (QED) is 0.682. The van der Waals surface area contributed by atoms with E-state index in [9.17, 15) is 14.7 Å². The van der Waals surface area contributed by atoms with E-state index in [0.717, 1.165) is 6.42 Å². The number of aliphatic hydroxyl groups is 1. The molecule has 3 N–H and O–H groups in total. The van der Waals surface area contributed by atoms with Crippen molar-refractivity contribution in [3.8, 4) is 0 Å². The number of imide groups is 1. The maximum absolute atomic E-state index is 11.5. The number of aromatic nitrogens is 3. The lowest BCUT2D eigenvalue weighted by Gasteiger charge is -2.11. The minimum absolute atomic E-state index is 0.136. The zero-order chi connectivity index (χ0) is 14.5. The average Bonchev–Trinajstić information content (AvgIpc) is 2.74. The Bertz CT molecular complexity index is 449. The lowest BCUT2D eigenvalue weighted by Crippen LogP contribution is -2.41. The monoisotopic (exact) mass is 269 g/mol. The summed E-state index contributed by atoms with van der Waals surface area (Å²) in [6.45, 7) is 5.42. The molecule has 0 bridgehead atoms. The first-order chi connectivity index (χ1) is 8.82. The Balaban J connectivity index is 2.49. The molecule has 0 unspecified atom stereocenters. The van der Waals surface area contributed by atoms with Crippen LogP contribution in [0, 0.1) is 0 Å². The van der Waals surface area contributed by atoms with Gasteiger partial charge < -0.3 is 10.4 Å². The predicted molar refractivity (Wildman–Crippen MR) is 67.1 cm³/mol. The molecule has 0 fully saturated rings. The molecule has 0 aliphatic heterocycles.